The van der Waals surface area contributed by atoms with E-state index in [1.807, 2.05) is 18.2 Å². The molecule has 3 heteroatoms. The lowest BCUT2D eigenvalue weighted by atomic mass is 10.0. The zero-order valence-electron chi connectivity index (χ0n) is 8.86. The Kier molecular flexibility index (Phi) is 2.49. The molecule has 0 radical (unpaired) electrons. The van der Waals surface area contributed by atoms with Crippen LogP contribution in [0.25, 0.3) is 0 Å². The molecule has 1 amide bonds. The largest absolute Gasteiger partial charge is 0.345 e. The predicted molar refractivity (Wildman–Crippen MR) is 59.1 cm³/mol. The first-order valence-corrected chi connectivity index (χ1v) is 5.27. The number of nitrogens with one attached hydrogen (secondary N) is 1. The van der Waals surface area contributed by atoms with Crippen LogP contribution in [0, 0.1) is 0 Å². The van der Waals surface area contributed by atoms with Crippen molar-refractivity contribution in [3.8, 4) is 0 Å². The van der Waals surface area contributed by atoms with Crippen LogP contribution in [-0.2, 0) is 10.3 Å². The van der Waals surface area contributed by atoms with E-state index in [0.717, 1.165) is 12.8 Å². The van der Waals surface area contributed by atoms with E-state index >= 15 is 0 Å². The molecule has 1 aliphatic rings. The number of amides is 1. The first-order chi connectivity index (χ1) is 7.14. The summed E-state index contributed by atoms with van der Waals surface area (Å²) in [5.74, 6) is -0.0728. The van der Waals surface area contributed by atoms with E-state index in [4.69, 9.17) is 5.73 Å². The number of hydrogen-bond acceptors (Lipinski definition) is 2. The number of benzene rings is 1. The standard InChI is InChI=1S/C12H16N2O/c1-9(13)11(15)14-12(7-8-12)10-5-3-2-4-6-10/h2-6,9H,7-8,13H2,1H3,(H,14,15)/t9-/m0/s1. The number of carbonyl (C=O) groups is 1. The highest BCUT2D eigenvalue weighted by atomic mass is 16.2. The van der Waals surface area contributed by atoms with Gasteiger partial charge in [0, 0.05) is 0 Å². The van der Waals surface area contributed by atoms with E-state index in [-0.39, 0.29) is 11.4 Å². The van der Waals surface area contributed by atoms with Crippen LogP contribution in [0.1, 0.15) is 25.3 Å². The number of nitrogens with two attached hydrogens (primary N) is 1. The van der Waals surface area contributed by atoms with Crippen LogP contribution in [0.5, 0.6) is 0 Å². The molecule has 3 N–H and O–H groups in total. The molecule has 15 heavy (non-hydrogen) atoms. The zero-order chi connectivity index (χ0) is 10.9. The smallest absolute Gasteiger partial charge is 0.237 e. The quantitative estimate of drug-likeness (QED) is 0.775. The summed E-state index contributed by atoms with van der Waals surface area (Å²) in [5, 5.41) is 3.02. The molecule has 0 unspecified atom stereocenters. The van der Waals surface area contributed by atoms with Crippen LogP contribution in [0.15, 0.2) is 30.3 Å². The monoisotopic (exact) mass is 204 g/mol. The van der Waals surface area contributed by atoms with Crippen LogP contribution in [0.4, 0.5) is 0 Å². The second kappa shape index (κ2) is 3.66. The third kappa shape index (κ3) is 2.02. The van der Waals surface area contributed by atoms with Crippen molar-refractivity contribution in [2.75, 3.05) is 0 Å². The van der Waals surface area contributed by atoms with Gasteiger partial charge in [-0.25, -0.2) is 0 Å². The number of hydrogen-bond donors (Lipinski definition) is 2. The van der Waals surface area contributed by atoms with E-state index in [9.17, 15) is 4.79 Å². The molecule has 1 aromatic rings. The molecule has 1 aliphatic carbocycles. The van der Waals surface area contributed by atoms with Gasteiger partial charge in [-0.05, 0) is 25.3 Å². The third-order valence-electron chi connectivity index (χ3n) is 2.85. The van der Waals surface area contributed by atoms with E-state index in [2.05, 4.69) is 17.4 Å². The Balaban J connectivity index is 2.12. The van der Waals surface area contributed by atoms with E-state index in [1.165, 1.54) is 5.56 Å². The van der Waals surface area contributed by atoms with Gasteiger partial charge in [-0.3, -0.25) is 4.79 Å². The zero-order valence-corrected chi connectivity index (χ0v) is 8.86. The molecule has 0 heterocycles. The lowest BCUT2D eigenvalue weighted by Gasteiger charge is -2.19. The lowest BCUT2D eigenvalue weighted by molar-refractivity contribution is -0.123. The van der Waals surface area contributed by atoms with Crippen molar-refractivity contribution in [3.05, 3.63) is 35.9 Å². The Morgan fingerprint density at radius 2 is 2.00 bits per heavy atom. The third-order valence-corrected chi connectivity index (χ3v) is 2.85. The fourth-order valence-corrected chi connectivity index (χ4v) is 1.72. The second-order valence-corrected chi connectivity index (χ2v) is 4.23. The van der Waals surface area contributed by atoms with Crippen molar-refractivity contribution in [2.24, 2.45) is 5.73 Å². The molecule has 0 bridgehead atoms. The molecule has 2 rings (SSSR count). The van der Waals surface area contributed by atoms with Gasteiger partial charge in [0.25, 0.3) is 0 Å². The summed E-state index contributed by atoms with van der Waals surface area (Å²) in [5.41, 5.74) is 6.58. The van der Waals surface area contributed by atoms with Gasteiger partial charge in [0.15, 0.2) is 0 Å². The Labute approximate surface area is 89.7 Å². The van der Waals surface area contributed by atoms with Crippen LogP contribution >= 0.6 is 0 Å². The maximum absolute atomic E-state index is 11.5. The highest BCUT2D eigenvalue weighted by molar-refractivity contribution is 5.82. The van der Waals surface area contributed by atoms with Gasteiger partial charge in [-0.2, -0.15) is 0 Å². The maximum Gasteiger partial charge on any atom is 0.237 e. The summed E-state index contributed by atoms with van der Waals surface area (Å²) >= 11 is 0. The van der Waals surface area contributed by atoms with E-state index in [1.54, 1.807) is 6.92 Å². The number of rotatable bonds is 3. The summed E-state index contributed by atoms with van der Waals surface area (Å²) in [6.07, 6.45) is 2.02. The van der Waals surface area contributed by atoms with Crippen molar-refractivity contribution >= 4 is 5.91 Å². The molecule has 0 aromatic heterocycles. The minimum atomic E-state index is -0.439. The lowest BCUT2D eigenvalue weighted by Crippen LogP contribution is -2.43. The molecule has 80 valence electrons. The fourth-order valence-electron chi connectivity index (χ4n) is 1.72. The van der Waals surface area contributed by atoms with E-state index in [0.29, 0.717) is 0 Å². The summed E-state index contributed by atoms with van der Waals surface area (Å²) in [6, 6.07) is 9.63. The summed E-state index contributed by atoms with van der Waals surface area (Å²) in [4.78, 5) is 11.5. The summed E-state index contributed by atoms with van der Waals surface area (Å²) in [7, 11) is 0. The van der Waals surface area contributed by atoms with Crippen LogP contribution < -0.4 is 11.1 Å². The molecular weight excluding hydrogens is 188 g/mol. The van der Waals surface area contributed by atoms with Crippen molar-refractivity contribution < 1.29 is 4.79 Å². The van der Waals surface area contributed by atoms with Crippen LogP contribution in [0.2, 0.25) is 0 Å². The average Bonchev–Trinajstić information content (AvgIpc) is 3.00. The van der Waals surface area contributed by atoms with Gasteiger partial charge in [-0.1, -0.05) is 30.3 Å². The molecule has 0 saturated heterocycles. The van der Waals surface area contributed by atoms with Crippen LogP contribution in [-0.4, -0.2) is 11.9 Å². The van der Waals surface area contributed by atoms with Gasteiger partial charge in [-0.15, -0.1) is 0 Å². The minimum Gasteiger partial charge on any atom is -0.345 e. The molecule has 0 aliphatic heterocycles. The molecular formula is C12H16N2O. The molecule has 1 atom stereocenters. The SMILES string of the molecule is C[C@H](N)C(=O)NC1(c2ccccc2)CC1. The van der Waals surface area contributed by atoms with Gasteiger partial charge < -0.3 is 11.1 Å². The Morgan fingerprint density at radius 1 is 1.40 bits per heavy atom. The highest BCUT2D eigenvalue weighted by Crippen LogP contribution is 2.45. The van der Waals surface area contributed by atoms with Crippen molar-refractivity contribution in [3.63, 3.8) is 0 Å². The van der Waals surface area contributed by atoms with Crippen molar-refractivity contribution in [2.45, 2.75) is 31.3 Å². The Bertz CT molecular complexity index is 355. The summed E-state index contributed by atoms with van der Waals surface area (Å²) in [6.45, 7) is 1.70. The summed E-state index contributed by atoms with van der Waals surface area (Å²) < 4.78 is 0. The number of carbonyl (C=O) groups excluding carboxylic acids is 1. The first kappa shape index (κ1) is 10.2. The van der Waals surface area contributed by atoms with Gasteiger partial charge in [0.05, 0.1) is 11.6 Å². The average molecular weight is 204 g/mol. The topological polar surface area (TPSA) is 55.1 Å². The van der Waals surface area contributed by atoms with Gasteiger partial charge in [0.1, 0.15) is 0 Å². The van der Waals surface area contributed by atoms with E-state index < -0.39 is 6.04 Å². The Hall–Kier alpha value is -1.35. The molecule has 1 fully saturated rings. The fraction of sp³-hybridized carbons (Fsp3) is 0.417. The van der Waals surface area contributed by atoms with Gasteiger partial charge in [0.2, 0.25) is 5.91 Å². The maximum atomic E-state index is 11.5. The normalized spacial score (nSPS) is 19.3. The highest BCUT2D eigenvalue weighted by Gasteiger charge is 2.45. The van der Waals surface area contributed by atoms with Crippen LogP contribution in [0.3, 0.4) is 0 Å². The predicted octanol–water partition coefficient (Wildman–Crippen LogP) is 1.14. The molecule has 3 nitrogen and oxygen atoms in total. The minimum absolute atomic E-state index is 0.0728. The van der Waals surface area contributed by atoms with Crippen molar-refractivity contribution in [1.29, 1.82) is 0 Å². The van der Waals surface area contributed by atoms with Gasteiger partial charge >= 0.3 is 0 Å². The molecule has 0 spiro atoms. The van der Waals surface area contributed by atoms with Crippen molar-refractivity contribution in [1.82, 2.24) is 5.32 Å². The molecule has 1 aromatic carbocycles. The second-order valence-electron chi connectivity index (χ2n) is 4.23. The first-order valence-electron chi connectivity index (χ1n) is 5.27. The molecule has 1 saturated carbocycles. The Morgan fingerprint density at radius 3 is 2.47 bits per heavy atom.